The van der Waals surface area contributed by atoms with Crippen molar-refractivity contribution in [3.05, 3.63) is 106 Å². The Morgan fingerprint density at radius 3 is 2.39 bits per heavy atom. The van der Waals surface area contributed by atoms with Crippen LogP contribution in [0.4, 0.5) is 0 Å². The van der Waals surface area contributed by atoms with Crippen molar-refractivity contribution in [3.8, 4) is 11.3 Å². The molecule has 0 fully saturated rings. The van der Waals surface area contributed by atoms with Crippen LogP contribution in [-0.2, 0) is 19.6 Å². The zero-order valence-corrected chi connectivity index (χ0v) is 17.5. The molecule has 6 nitrogen and oxygen atoms in total. The van der Waals surface area contributed by atoms with Crippen LogP contribution in [0.3, 0.4) is 0 Å². The third-order valence-corrected chi connectivity index (χ3v) is 5.04. The molecular weight excluding hydrogens is 412 g/mol. The predicted octanol–water partition coefficient (Wildman–Crippen LogP) is 4.63. The SMILES string of the molecule is O=C(O)c1ccc(CNCc2nn(Cc3cccc(Cl)c3)nc2-c2ccccc2)cc1. The minimum absolute atomic E-state index is 0.277. The van der Waals surface area contributed by atoms with E-state index in [2.05, 4.69) is 5.32 Å². The predicted molar refractivity (Wildman–Crippen MR) is 120 cm³/mol. The summed E-state index contributed by atoms with van der Waals surface area (Å²) in [5.41, 5.74) is 4.98. The van der Waals surface area contributed by atoms with Gasteiger partial charge in [0.1, 0.15) is 11.4 Å². The lowest BCUT2D eigenvalue weighted by Crippen LogP contribution is -2.14. The number of halogens is 1. The maximum atomic E-state index is 11.0. The van der Waals surface area contributed by atoms with E-state index >= 15 is 0 Å². The second-order valence-electron chi connectivity index (χ2n) is 7.13. The van der Waals surface area contributed by atoms with Crippen molar-refractivity contribution in [2.24, 2.45) is 0 Å². The van der Waals surface area contributed by atoms with E-state index in [1.165, 1.54) is 0 Å². The first-order chi connectivity index (χ1) is 15.1. The molecule has 0 aliphatic rings. The van der Waals surface area contributed by atoms with E-state index in [1.54, 1.807) is 16.9 Å². The van der Waals surface area contributed by atoms with E-state index in [9.17, 15) is 4.79 Å². The van der Waals surface area contributed by atoms with Crippen LogP contribution in [0.1, 0.15) is 27.2 Å². The van der Waals surface area contributed by atoms with Crippen LogP contribution in [0, 0.1) is 0 Å². The topological polar surface area (TPSA) is 80.0 Å². The minimum Gasteiger partial charge on any atom is -0.478 e. The van der Waals surface area contributed by atoms with Gasteiger partial charge in [0.05, 0.1) is 12.1 Å². The highest BCUT2D eigenvalue weighted by molar-refractivity contribution is 6.30. The Balaban J connectivity index is 1.51. The number of hydrogen-bond acceptors (Lipinski definition) is 4. The van der Waals surface area contributed by atoms with Gasteiger partial charge >= 0.3 is 5.97 Å². The van der Waals surface area contributed by atoms with Crippen molar-refractivity contribution >= 4 is 17.6 Å². The highest BCUT2D eigenvalue weighted by Crippen LogP contribution is 2.21. The quantitative estimate of drug-likeness (QED) is 0.424. The van der Waals surface area contributed by atoms with Gasteiger partial charge in [0, 0.05) is 23.7 Å². The standard InChI is InChI=1S/C24H21ClN4O2/c25-21-8-4-5-18(13-21)16-29-27-22(23(28-29)19-6-2-1-3-7-19)15-26-14-17-9-11-20(12-10-17)24(30)31/h1-13,26H,14-16H2,(H,30,31). The fourth-order valence-electron chi connectivity index (χ4n) is 3.28. The lowest BCUT2D eigenvalue weighted by Gasteiger charge is -2.05. The van der Waals surface area contributed by atoms with E-state index in [0.29, 0.717) is 24.7 Å². The maximum Gasteiger partial charge on any atom is 0.335 e. The van der Waals surface area contributed by atoms with E-state index in [1.807, 2.05) is 66.7 Å². The molecule has 1 heterocycles. The number of benzene rings is 3. The first-order valence-electron chi connectivity index (χ1n) is 9.85. The van der Waals surface area contributed by atoms with Gasteiger partial charge in [-0.2, -0.15) is 15.0 Å². The summed E-state index contributed by atoms with van der Waals surface area (Å²) in [7, 11) is 0. The van der Waals surface area contributed by atoms with E-state index in [0.717, 1.165) is 28.1 Å². The molecule has 4 aromatic rings. The van der Waals surface area contributed by atoms with E-state index < -0.39 is 5.97 Å². The van der Waals surface area contributed by atoms with Gasteiger partial charge in [-0.3, -0.25) is 0 Å². The summed E-state index contributed by atoms with van der Waals surface area (Å²) in [6.45, 7) is 1.65. The maximum absolute atomic E-state index is 11.0. The van der Waals surface area contributed by atoms with Gasteiger partial charge in [-0.25, -0.2) is 4.79 Å². The Morgan fingerprint density at radius 2 is 1.68 bits per heavy atom. The smallest absolute Gasteiger partial charge is 0.335 e. The number of nitrogens with zero attached hydrogens (tertiary/aromatic N) is 3. The highest BCUT2D eigenvalue weighted by Gasteiger charge is 2.13. The molecule has 0 radical (unpaired) electrons. The fraction of sp³-hybridized carbons (Fsp3) is 0.125. The molecule has 0 amide bonds. The molecule has 0 saturated carbocycles. The molecule has 0 aliphatic heterocycles. The normalized spacial score (nSPS) is 10.9. The number of hydrogen-bond donors (Lipinski definition) is 2. The van der Waals surface area contributed by atoms with Crippen LogP contribution in [0.25, 0.3) is 11.3 Å². The second kappa shape index (κ2) is 9.55. The summed E-state index contributed by atoms with van der Waals surface area (Å²) in [4.78, 5) is 12.7. The summed E-state index contributed by atoms with van der Waals surface area (Å²) in [5, 5.41) is 22.5. The Labute approximate surface area is 185 Å². The van der Waals surface area contributed by atoms with Gasteiger partial charge in [-0.05, 0) is 35.4 Å². The van der Waals surface area contributed by atoms with Gasteiger partial charge in [0.2, 0.25) is 0 Å². The summed E-state index contributed by atoms with van der Waals surface area (Å²) in [5.74, 6) is -0.927. The van der Waals surface area contributed by atoms with Gasteiger partial charge < -0.3 is 10.4 Å². The number of carboxylic acid groups (broad SMARTS) is 1. The largest absolute Gasteiger partial charge is 0.478 e. The van der Waals surface area contributed by atoms with Crippen LogP contribution >= 0.6 is 11.6 Å². The molecule has 0 spiro atoms. The monoisotopic (exact) mass is 432 g/mol. The van der Waals surface area contributed by atoms with Crippen LogP contribution < -0.4 is 5.32 Å². The molecule has 7 heteroatoms. The molecule has 4 rings (SSSR count). The zero-order valence-electron chi connectivity index (χ0n) is 16.7. The Hall–Kier alpha value is -3.48. The summed E-state index contributed by atoms with van der Waals surface area (Å²) in [6, 6.07) is 24.5. The Morgan fingerprint density at radius 1 is 0.903 bits per heavy atom. The zero-order chi connectivity index (χ0) is 21.6. The van der Waals surface area contributed by atoms with Crippen molar-refractivity contribution in [2.75, 3.05) is 0 Å². The van der Waals surface area contributed by atoms with Gasteiger partial charge in [-0.1, -0.05) is 66.2 Å². The molecule has 3 aromatic carbocycles. The fourth-order valence-corrected chi connectivity index (χ4v) is 3.49. The van der Waals surface area contributed by atoms with Gasteiger partial charge in [-0.15, -0.1) is 0 Å². The van der Waals surface area contributed by atoms with Crippen LogP contribution in [-0.4, -0.2) is 26.1 Å². The van der Waals surface area contributed by atoms with Crippen molar-refractivity contribution in [3.63, 3.8) is 0 Å². The molecule has 2 N–H and O–H groups in total. The second-order valence-corrected chi connectivity index (χ2v) is 7.56. The highest BCUT2D eigenvalue weighted by atomic mass is 35.5. The van der Waals surface area contributed by atoms with Crippen molar-refractivity contribution in [1.29, 1.82) is 0 Å². The number of carboxylic acids is 1. The summed E-state index contributed by atoms with van der Waals surface area (Å²) < 4.78 is 0. The van der Waals surface area contributed by atoms with Crippen LogP contribution in [0.15, 0.2) is 78.9 Å². The third-order valence-electron chi connectivity index (χ3n) is 4.81. The number of carbonyl (C=O) groups is 1. The number of rotatable bonds is 8. The molecule has 0 unspecified atom stereocenters. The Kier molecular flexibility index (Phi) is 6.40. The first-order valence-corrected chi connectivity index (χ1v) is 10.2. The average molecular weight is 433 g/mol. The lowest BCUT2D eigenvalue weighted by atomic mass is 10.1. The number of nitrogens with one attached hydrogen (secondary N) is 1. The molecule has 0 aliphatic carbocycles. The molecular formula is C24H21ClN4O2. The van der Waals surface area contributed by atoms with Crippen molar-refractivity contribution < 1.29 is 9.90 Å². The Bertz CT molecular complexity index is 1170. The van der Waals surface area contributed by atoms with E-state index in [4.69, 9.17) is 26.9 Å². The van der Waals surface area contributed by atoms with Crippen LogP contribution in [0.2, 0.25) is 5.02 Å². The van der Waals surface area contributed by atoms with Crippen molar-refractivity contribution in [1.82, 2.24) is 20.3 Å². The molecule has 0 atom stereocenters. The van der Waals surface area contributed by atoms with Gasteiger partial charge in [0.15, 0.2) is 0 Å². The third kappa shape index (κ3) is 5.36. The lowest BCUT2D eigenvalue weighted by molar-refractivity contribution is 0.0697. The average Bonchev–Trinajstić information content (AvgIpc) is 3.17. The number of aromatic carboxylic acids is 1. The molecule has 156 valence electrons. The minimum atomic E-state index is -0.927. The van der Waals surface area contributed by atoms with E-state index in [-0.39, 0.29) is 5.56 Å². The van der Waals surface area contributed by atoms with Crippen molar-refractivity contribution in [2.45, 2.75) is 19.6 Å². The summed E-state index contributed by atoms with van der Waals surface area (Å²) in [6.07, 6.45) is 0. The molecule has 0 saturated heterocycles. The number of aromatic nitrogens is 3. The molecule has 0 bridgehead atoms. The van der Waals surface area contributed by atoms with Gasteiger partial charge in [0.25, 0.3) is 0 Å². The van der Waals surface area contributed by atoms with Crippen LogP contribution in [0.5, 0.6) is 0 Å². The first kappa shape index (κ1) is 20.8. The molecule has 31 heavy (non-hydrogen) atoms. The summed E-state index contributed by atoms with van der Waals surface area (Å²) >= 11 is 6.10. The molecule has 1 aromatic heterocycles.